The zero-order valence-electron chi connectivity index (χ0n) is 15.8. The van der Waals surface area contributed by atoms with Gasteiger partial charge in [0.2, 0.25) is 0 Å². The molecule has 2 heterocycles. The van der Waals surface area contributed by atoms with Crippen molar-refractivity contribution in [1.82, 2.24) is 4.90 Å². The van der Waals surface area contributed by atoms with Crippen molar-refractivity contribution in [1.29, 1.82) is 0 Å². The number of hydrogen-bond acceptors (Lipinski definition) is 4. The number of carbonyl (C=O) groups excluding carboxylic acids is 1. The number of likely N-dealkylation sites (N-methyl/N-ethyl adjacent to an activating group) is 1. The molecule has 8 heteroatoms. The van der Waals surface area contributed by atoms with Gasteiger partial charge in [0.1, 0.15) is 10.7 Å². The predicted octanol–water partition coefficient (Wildman–Crippen LogP) is 5.74. The number of thiophene rings is 1. The first-order valence-corrected chi connectivity index (χ1v) is 11.0. The van der Waals surface area contributed by atoms with Gasteiger partial charge in [0.25, 0.3) is 5.91 Å². The van der Waals surface area contributed by atoms with Crippen molar-refractivity contribution in [2.45, 2.75) is 6.92 Å². The standard InChI is InChI=1S/C21H20Cl2FN3OS/c1-2-26-7-9-27(10-8-26)17-6-3-13(22)11-16(17)25-21(28)20-19(23)15-5-4-14(24)12-18(15)29-20/h3-6,11-12H,2,7-10H2,1H3,(H,25,28). The normalized spacial score (nSPS) is 15.1. The van der Waals surface area contributed by atoms with Gasteiger partial charge in [-0.3, -0.25) is 4.79 Å². The number of piperazine rings is 1. The maximum absolute atomic E-state index is 13.5. The Morgan fingerprint density at radius 3 is 2.62 bits per heavy atom. The van der Waals surface area contributed by atoms with E-state index in [-0.39, 0.29) is 11.7 Å². The van der Waals surface area contributed by atoms with E-state index in [0.717, 1.165) is 38.4 Å². The van der Waals surface area contributed by atoms with Crippen LogP contribution in [-0.2, 0) is 0 Å². The highest BCUT2D eigenvalue weighted by atomic mass is 35.5. The maximum atomic E-state index is 13.5. The van der Waals surface area contributed by atoms with Crippen LogP contribution in [0.25, 0.3) is 10.1 Å². The van der Waals surface area contributed by atoms with Crippen LogP contribution in [-0.4, -0.2) is 43.5 Å². The molecular weight excluding hydrogens is 432 g/mol. The van der Waals surface area contributed by atoms with Gasteiger partial charge in [0.05, 0.1) is 16.4 Å². The summed E-state index contributed by atoms with van der Waals surface area (Å²) in [6, 6.07) is 9.84. The molecule has 2 aromatic carbocycles. The number of hydrogen-bond donors (Lipinski definition) is 1. The minimum absolute atomic E-state index is 0.327. The quantitative estimate of drug-likeness (QED) is 0.548. The molecule has 1 aliphatic rings. The molecule has 1 aromatic heterocycles. The fraction of sp³-hybridized carbons (Fsp3) is 0.286. The van der Waals surface area contributed by atoms with Crippen LogP contribution < -0.4 is 10.2 Å². The Labute approximate surface area is 182 Å². The Hall–Kier alpha value is -1.86. The van der Waals surface area contributed by atoms with E-state index in [1.165, 1.54) is 23.5 Å². The fourth-order valence-electron chi connectivity index (χ4n) is 3.55. The van der Waals surface area contributed by atoms with Crippen LogP contribution in [0.2, 0.25) is 10.0 Å². The van der Waals surface area contributed by atoms with Crippen molar-refractivity contribution >= 4 is 61.9 Å². The molecule has 1 amide bonds. The summed E-state index contributed by atoms with van der Waals surface area (Å²) in [5.74, 6) is -0.682. The topological polar surface area (TPSA) is 35.6 Å². The van der Waals surface area contributed by atoms with Gasteiger partial charge in [0.15, 0.2) is 0 Å². The van der Waals surface area contributed by atoms with E-state index in [2.05, 4.69) is 22.0 Å². The minimum atomic E-state index is -0.356. The number of nitrogens with one attached hydrogen (secondary N) is 1. The molecule has 0 radical (unpaired) electrons. The van der Waals surface area contributed by atoms with Gasteiger partial charge in [-0.15, -0.1) is 11.3 Å². The number of halogens is 3. The summed E-state index contributed by atoms with van der Waals surface area (Å²) in [6.45, 7) is 6.89. The number of fused-ring (bicyclic) bond motifs is 1. The summed E-state index contributed by atoms with van der Waals surface area (Å²) in [5, 5.41) is 4.51. The van der Waals surface area contributed by atoms with E-state index < -0.39 is 0 Å². The summed E-state index contributed by atoms with van der Waals surface area (Å²) >= 11 is 13.8. The SMILES string of the molecule is CCN1CCN(c2ccc(Cl)cc2NC(=O)c2sc3cc(F)ccc3c2Cl)CC1. The van der Waals surface area contributed by atoms with Crippen molar-refractivity contribution in [3.8, 4) is 0 Å². The fourth-order valence-corrected chi connectivity index (χ4v) is 5.16. The Kier molecular flexibility index (Phi) is 5.97. The van der Waals surface area contributed by atoms with E-state index in [4.69, 9.17) is 23.2 Å². The first-order valence-electron chi connectivity index (χ1n) is 9.42. The molecule has 0 spiro atoms. The third-order valence-electron chi connectivity index (χ3n) is 5.16. The molecule has 3 aromatic rings. The van der Waals surface area contributed by atoms with Gasteiger partial charge < -0.3 is 15.1 Å². The van der Waals surface area contributed by atoms with Gasteiger partial charge in [0, 0.05) is 41.3 Å². The van der Waals surface area contributed by atoms with Crippen LogP contribution in [0, 0.1) is 5.82 Å². The van der Waals surface area contributed by atoms with E-state index in [9.17, 15) is 9.18 Å². The first kappa shape index (κ1) is 20.4. The number of benzene rings is 2. The number of nitrogens with zero attached hydrogens (tertiary/aromatic N) is 2. The maximum Gasteiger partial charge on any atom is 0.267 e. The number of carbonyl (C=O) groups is 1. The molecule has 1 aliphatic heterocycles. The van der Waals surface area contributed by atoms with Crippen molar-refractivity contribution in [3.05, 3.63) is 57.1 Å². The van der Waals surface area contributed by atoms with Gasteiger partial charge in [-0.2, -0.15) is 0 Å². The van der Waals surface area contributed by atoms with Crippen molar-refractivity contribution in [3.63, 3.8) is 0 Å². The molecule has 0 saturated carbocycles. The average Bonchev–Trinajstić information content (AvgIpc) is 3.04. The van der Waals surface area contributed by atoms with Crippen LogP contribution in [0.1, 0.15) is 16.6 Å². The number of anilines is 2. The molecule has 0 unspecified atom stereocenters. The smallest absolute Gasteiger partial charge is 0.267 e. The molecule has 1 fully saturated rings. The van der Waals surface area contributed by atoms with E-state index >= 15 is 0 Å². The summed E-state index contributed by atoms with van der Waals surface area (Å²) < 4.78 is 14.2. The molecule has 1 N–H and O–H groups in total. The van der Waals surface area contributed by atoms with Crippen LogP contribution in [0.15, 0.2) is 36.4 Å². The van der Waals surface area contributed by atoms with Gasteiger partial charge in [-0.1, -0.05) is 30.1 Å². The lowest BCUT2D eigenvalue weighted by Gasteiger charge is -2.36. The Bertz CT molecular complexity index is 1060. The van der Waals surface area contributed by atoms with Crippen LogP contribution in [0.5, 0.6) is 0 Å². The molecule has 0 aliphatic carbocycles. The zero-order valence-corrected chi connectivity index (χ0v) is 18.2. The predicted molar refractivity (Wildman–Crippen MR) is 121 cm³/mol. The Morgan fingerprint density at radius 1 is 1.14 bits per heavy atom. The summed E-state index contributed by atoms with van der Waals surface area (Å²) in [6.07, 6.45) is 0. The number of amides is 1. The second-order valence-electron chi connectivity index (χ2n) is 6.92. The third kappa shape index (κ3) is 4.21. The molecule has 0 atom stereocenters. The summed E-state index contributed by atoms with van der Waals surface area (Å²) in [5.41, 5.74) is 1.58. The second kappa shape index (κ2) is 8.48. The molecule has 152 valence electrons. The second-order valence-corrected chi connectivity index (χ2v) is 8.79. The third-order valence-corrected chi connectivity index (χ3v) is 7.06. The molecule has 1 saturated heterocycles. The molecular formula is C21H20Cl2FN3OS. The Balaban J connectivity index is 1.62. The molecule has 0 bridgehead atoms. The highest BCUT2D eigenvalue weighted by Crippen LogP contribution is 2.37. The van der Waals surface area contributed by atoms with Gasteiger partial charge in [-0.25, -0.2) is 4.39 Å². The lowest BCUT2D eigenvalue weighted by Crippen LogP contribution is -2.46. The highest BCUT2D eigenvalue weighted by Gasteiger charge is 2.22. The molecule has 4 rings (SSSR count). The van der Waals surface area contributed by atoms with Gasteiger partial charge >= 0.3 is 0 Å². The van der Waals surface area contributed by atoms with Crippen LogP contribution in [0.4, 0.5) is 15.8 Å². The largest absolute Gasteiger partial charge is 0.367 e. The van der Waals surface area contributed by atoms with E-state index in [1.54, 1.807) is 12.1 Å². The van der Waals surface area contributed by atoms with Crippen molar-refractivity contribution < 1.29 is 9.18 Å². The van der Waals surface area contributed by atoms with Gasteiger partial charge in [-0.05, 0) is 42.9 Å². The molecule has 4 nitrogen and oxygen atoms in total. The lowest BCUT2D eigenvalue weighted by atomic mass is 10.2. The van der Waals surface area contributed by atoms with E-state index in [0.29, 0.717) is 30.7 Å². The highest BCUT2D eigenvalue weighted by molar-refractivity contribution is 7.21. The van der Waals surface area contributed by atoms with Crippen LogP contribution >= 0.6 is 34.5 Å². The lowest BCUT2D eigenvalue weighted by molar-refractivity contribution is 0.103. The minimum Gasteiger partial charge on any atom is -0.367 e. The number of rotatable bonds is 4. The summed E-state index contributed by atoms with van der Waals surface area (Å²) in [7, 11) is 0. The average molecular weight is 452 g/mol. The first-order chi connectivity index (χ1) is 14.0. The van der Waals surface area contributed by atoms with E-state index in [1.807, 2.05) is 12.1 Å². The Morgan fingerprint density at radius 2 is 1.90 bits per heavy atom. The van der Waals surface area contributed by atoms with Crippen molar-refractivity contribution in [2.75, 3.05) is 42.9 Å². The molecule has 29 heavy (non-hydrogen) atoms. The zero-order chi connectivity index (χ0) is 20.5. The monoisotopic (exact) mass is 451 g/mol. The summed E-state index contributed by atoms with van der Waals surface area (Å²) in [4.78, 5) is 18.0. The van der Waals surface area contributed by atoms with Crippen molar-refractivity contribution in [2.24, 2.45) is 0 Å². The van der Waals surface area contributed by atoms with Crippen LogP contribution in [0.3, 0.4) is 0 Å².